The number of hydrogen-bond donors (Lipinski definition) is 3. The summed E-state index contributed by atoms with van der Waals surface area (Å²) < 4.78 is 0. The lowest BCUT2D eigenvalue weighted by atomic mass is 10.2. The summed E-state index contributed by atoms with van der Waals surface area (Å²) >= 11 is 1.36. The Morgan fingerprint density at radius 3 is 3.00 bits per heavy atom. The Morgan fingerprint density at radius 1 is 1.45 bits per heavy atom. The van der Waals surface area contributed by atoms with Crippen LogP contribution in [0, 0.1) is 6.92 Å². The minimum absolute atomic E-state index is 0.00579. The molecule has 5 nitrogen and oxygen atoms in total. The first-order chi connectivity index (χ1) is 10.5. The topological polar surface area (TPSA) is 78.0 Å². The smallest absolute Gasteiger partial charge is 0.355 e. The molecule has 6 heteroatoms. The van der Waals surface area contributed by atoms with Crippen molar-refractivity contribution in [2.24, 2.45) is 0 Å². The van der Waals surface area contributed by atoms with Gasteiger partial charge in [-0.3, -0.25) is 0 Å². The number of hydrogen-bond acceptors (Lipinski definition) is 4. The second kappa shape index (κ2) is 5.90. The van der Waals surface area contributed by atoms with E-state index in [4.69, 9.17) is 5.11 Å². The van der Waals surface area contributed by atoms with E-state index in [1.165, 1.54) is 22.3 Å². The zero-order valence-corrected chi connectivity index (χ0v) is 13.2. The number of benzene rings is 1. The van der Waals surface area contributed by atoms with Crippen LogP contribution in [0.3, 0.4) is 0 Å². The van der Waals surface area contributed by atoms with Gasteiger partial charge in [-0.2, -0.15) is 0 Å². The van der Waals surface area contributed by atoms with Gasteiger partial charge in [-0.05, 0) is 36.9 Å². The first kappa shape index (κ1) is 14.7. The molecule has 114 valence electrons. The maximum atomic E-state index is 10.9. The number of aromatic amines is 1. The normalized spacial score (nSPS) is 12.6. The lowest BCUT2D eigenvalue weighted by Crippen LogP contribution is -2.18. The number of rotatable bonds is 5. The van der Waals surface area contributed by atoms with Crippen LogP contribution in [0.15, 0.2) is 29.6 Å². The van der Waals surface area contributed by atoms with Gasteiger partial charge in [-0.15, -0.1) is 11.3 Å². The molecule has 2 aromatic heterocycles. The van der Waals surface area contributed by atoms with Crippen molar-refractivity contribution in [1.29, 1.82) is 0 Å². The molecule has 3 N–H and O–H groups in total. The van der Waals surface area contributed by atoms with Crippen molar-refractivity contribution in [3.63, 3.8) is 0 Å². The molecule has 22 heavy (non-hydrogen) atoms. The SMILES string of the molecule is Cc1ccc2cc(CNC(C)c3nc(C(=O)O)cs3)[nH]c2c1. The molecular weight excluding hydrogens is 298 g/mol. The van der Waals surface area contributed by atoms with Crippen LogP contribution in [0.2, 0.25) is 0 Å². The van der Waals surface area contributed by atoms with E-state index in [1.54, 1.807) is 5.38 Å². The van der Waals surface area contributed by atoms with Gasteiger partial charge in [-0.25, -0.2) is 9.78 Å². The molecule has 2 heterocycles. The number of thiazole rings is 1. The Balaban J connectivity index is 1.68. The van der Waals surface area contributed by atoms with Crippen molar-refractivity contribution in [3.8, 4) is 0 Å². The number of carbonyl (C=O) groups is 1. The number of H-pyrrole nitrogens is 1. The van der Waals surface area contributed by atoms with Gasteiger partial charge in [0.05, 0.1) is 6.04 Å². The fraction of sp³-hybridized carbons (Fsp3) is 0.250. The van der Waals surface area contributed by atoms with E-state index in [1.807, 2.05) is 6.92 Å². The summed E-state index contributed by atoms with van der Waals surface area (Å²) in [7, 11) is 0. The van der Waals surface area contributed by atoms with Crippen molar-refractivity contribution in [2.45, 2.75) is 26.4 Å². The number of aromatic nitrogens is 2. The minimum Gasteiger partial charge on any atom is -0.476 e. The zero-order valence-electron chi connectivity index (χ0n) is 12.4. The van der Waals surface area contributed by atoms with Crippen LogP contribution in [-0.4, -0.2) is 21.0 Å². The summed E-state index contributed by atoms with van der Waals surface area (Å²) in [6, 6.07) is 8.46. The molecule has 3 aromatic rings. The third kappa shape index (κ3) is 3.03. The highest BCUT2D eigenvalue weighted by Gasteiger charge is 2.14. The summed E-state index contributed by atoms with van der Waals surface area (Å²) in [6.45, 7) is 4.73. The molecule has 0 saturated carbocycles. The molecule has 1 aromatic carbocycles. The maximum absolute atomic E-state index is 10.9. The molecule has 0 aliphatic heterocycles. The van der Waals surface area contributed by atoms with Crippen molar-refractivity contribution in [3.05, 3.63) is 51.6 Å². The summed E-state index contributed by atoms with van der Waals surface area (Å²) in [5.74, 6) is -0.985. The lowest BCUT2D eigenvalue weighted by Gasteiger charge is -2.09. The number of nitrogens with zero attached hydrogens (tertiary/aromatic N) is 1. The van der Waals surface area contributed by atoms with E-state index in [0.29, 0.717) is 6.54 Å². The molecule has 0 radical (unpaired) electrons. The molecule has 0 amide bonds. The van der Waals surface area contributed by atoms with Crippen LogP contribution in [0.5, 0.6) is 0 Å². The van der Waals surface area contributed by atoms with Crippen LogP contribution >= 0.6 is 11.3 Å². The molecule has 1 unspecified atom stereocenters. The molecule has 3 rings (SSSR count). The lowest BCUT2D eigenvalue weighted by molar-refractivity contribution is 0.0691. The van der Waals surface area contributed by atoms with Crippen LogP contribution < -0.4 is 5.32 Å². The van der Waals surface area contributed by atoms with Gasteiger partial charge in [0.15, 0.2) is 5.69 Å². The molecule has 0 bridgehead atoms. The molecule has 0 fully saturated rings. The third-order valence-corrected chi connectivity index (χ3v) is 4.57. The minimum atomic E-state index is -0.985. The maximum Gasteiger partial charge on any atom is 0.355 e. The number of nitrogens with one attached hydrogen (secondary N) is 2. The van der Waals surface area contributed by atoms with Gasteiger partial charge in [0.2, 0.25) is 0 Å². The average Bonchev–Trinajstić information content (AvgIpc) is 3.10. The monoisotopic (exact) mass is 315 g/mol. The number of carboxylic acids is 1. The molecule has 0 aliphatic rings. The van der Waals surface area contributed by atoms with Crippen molar-refractivity contribution in [2.75, 3.05) is 0 Å². The predicted molar refractivity (Wildman–Crippen MR) is 87.4 cm³/mol. The number of carboxylic acid groups (broad SMARTS) is 1. The first-order valence-corrected chi connectivity index (χ1v) is 7.91. The Bertz CT molecular complexity index is 822. The highest BCUT2D eigenvalue weighted by atomic mass is 32.1. The van der Waals surface area contributed by atoms with E-state index < -0.39 is 5.97 Å². The molecular formula is C16H17N3O2S. The molecule has 0 spiro atoms. The average molecular weight is 315 g/mol. The van der Waals surface area contributed by atoms with E-state index in [9.17, 15) is 4.79 Å². The molecule has 0 saturated heterocycles. The number of fused-ring (bicyclic) bond motifs is 1. The second-order valence-electron chi connectivity index (χ2n) is 5.36. The van der Waals surface area contributed by atoms with Gasteiger partial charge in [0, 0.05) is 23.1 Å². The van der Waals surface area contributed by atoms with Crippen LogP contribution in [0.1, 0.15) is 39.7 Å². The van der Waals surface area contributed by atoms with Gasteiger partial charge < -0.3 is 15.4 Å². The number of aryl methyl sites for hydroxylation is 1. The van der Waals surface area contributed by atoms with Gasteiger partial charge in [-0.1, -0.05) is 12.1 Å². The highest BCUT2D eigenvalue weighted by molar-refractivity contribution is 7.09. The first-order valence-electron chi connectivity index (χ1n) is 7.03. The van der Waals surface area contributed by atoms with Gasteiger partial charge >= 0.3 is 5.97 Å². The van der Waals surface area contributed by atoms with Gasteiger partial charge in [0.25, 0.3) is 0 Å². The van der Waals surface area contributed by atoms with Crippen LogP contribution in [0.4, 0.5) is 0 Å². The van der Waals surface area contributed by atoms with E-state index in [2.05, 4.69) is 46.5 Å². The summed E-state index contributed by atoms with van der Waals surface area (Å²) in [5, 5.41) is 15.8. The fourth-order valence-corrected chi connectivity index (χ4v) is 3.16. The Morgan fingerprint density at radius 2 is 2.27 bits per heavy atom. The van der Waals surface area contributed by atoms with E-state index in [-0.39, 0.29) is 11.7 Å². The molecule has 0 aliphatic carbocycles. The van der Waals surface area contributed by atoms with E-state index >= 15 is 0 Å². The Hall–Kier alpha value is -2.18. The Labute approximate surface area is 132 Å². The van der Waals surface area contributed by atoms with Crippen molar-refractivity contribution < 1.29 is 9.90 Å². The van der Waals surface area contributed by atoms with E-state index in [0.717, 1.165) is 16.2 Å². The molecule has 1 atom stereocenters. The predicted octanol–water partition coefficient (Wildman–Crippen LogP) is 3.48. The zero-order chi connectivity index (χ0) is 15.7. The van der Waals surface area contributed by atoms with Crippen LogP contribution in [-0.2, 0) is 6.54 Å². The summed E-state index contributed by atoms with van der Waals surface area (Å²) in [4.78, 5) is 18.4. The highest BCUT2D eigenvalue weighted by Crippen LogP contribution is 2.20. The second-order valence-corrected chi connectivity index (χ2v) is 6.25. The third-order valence-electron chi connectivity index (χ3n) is 3.54. The quantitative estimate of drug-likeness (QED) is 0.673. The summed E-state index contributed by atoms with van der Waals surface area (Å²) in [6.07, 6.45) is 0. The van der Waals surface area contributed by atoms with Gasteiger partial charge in [0.1, 0.15) is 5.01 Å². The van der Waals surface area contributed by atoms with Crippen molar-refractivity contribution >= 4 is 28.2 Å². The Kier molecular flexibility index (Phi) is 3.96. The largest absolute Gasteiger partial charge is 0.476 e. The van der Waals surface area contributed by atoms with Crippen LogP contribution in [0.25, 0.3) is 10.9 Å². The standard InChI is InChI=1S/C16H17N3O2S/c1-9-3-4-11-6-12(18-13(11)5-9)7-17-10(2)15-19-14(8-22-15)16(20)21/h3-6,8,10,17-18H,7H2,1-2H3,(H,20,21). The summed E-state index contributed by atoms with van der Waals surface area (Å²) in [5.41, 5.74) is 3.57. The number of aromatic carboxylic acids is 1. The van der Waals surface area contributed by atoms with Crippen molar-refractivity contribution in [1.82, 2.24) is 15.3 Å². The fourth-order valence-electron chi connectivity index (χ4n) is 2.33.